The number of anilines is 1. The highest BCUT2D eigenvalue weighted by Crippen LogP contribution is 2.19. The number of aromatic nitrogens is 2. The number of benzene rings is 2. The number of nitrogens with one attached hydrogen (secondary N) is 2. The van der Waals surface area contributed by atoms with E-state index in [9.17, 15) is 18.8 Å². The molecule has 2 N–H and O–H groups in total. The second-order valence-corrected chi connectivity index (χ2v) is 6.05. The first-order valence-electron chi connectivity index (χ1n) is 7.24. The molecular formula is C17H10Cl2FN3O3. The zero-order valence-electron chi connectivity index (χ0n) is 12.9. The molecule has 0 bridgehead atoms. The molecule has 1 heterocycles. The average molecular weight is 394 g/mol. The Bertz CT molecular complexity index is 1110. The largest absolute Gasteiger partial charge is 0.333 e. The fourth-order valence-electron chi connectivity index (χ4n) is 2.23. The van der Waals surface area contributed by atoms with Crippen LogP contribution < -0.4 is 16.6 Å². The minimum atomic E-state index is -0.831. The van der Waals surface area contributed by atoms with Gasteiger partial charge in [-0.2, -0.15) is 0 Å². The monoisotopic (exact) mass is 393 g/mol. The van der Waals surface area contributed by atoms with Gasteiger partial charge in [-0.3, -0.25) is 9.59 Å². The van der Waals surface area contributed by atoms with Crippen LogP contribution in [0.1, 0.15) is 10.4 Å². The summed E-state index contributed by atoms with van der Waals surface area (Å²) >= 11 is 11.4. The molecule has 6 nitrogen and oxygen atoms in total. The van der Waals surface area contributed by atoms with Crippen molar-refractivity contribution in [1.82, 2.24) is 9.55 Å². The Morgan fingerprint density at radius 1 is 1.08 bits per heavy atom. The van der Waals surface area contributed by atoms with Crippen LogP contribution in [-0.4, -0.2) is 15.5 Å². The van der Waals surface area contributed by atoms with Crippen LogP contribution >= 0.6 is 23.2 Å². The summed E-state index contributed by atoms with van der Waals surface area (Å²) in [4.78, 5) is 39.3. The van der Waals surface area contributed by atoms with Gasteiger partial charge in [-0.15, -0.1) is 0 Å². The first-order chi connectivity index (χ1) is 12.4. The van der Waals surface area contributed by atoms with Crippen molar-refractivity contribution in [2.45, 2.75) is 0 Å². The van der Waals surface area contributed by atoms with Crippen molar-refractivity contribution in [3.05, 3.63) is 90.9 Å². The molecule has 0 unspecified atom stereocenters. The lowest BCUT2D eigenvalue weighted by Gasteiger charge is -2.08. The molecule has 0 spiro atoms. The van der Waals surface area contributed by atoms with Gasteiger partial charge in [0.15, 0.2) is 0 Å². The van der Waals surface area contributed by atoms with Crippen molar-refractivity contribution in [3.8, 4) is 5.69 Å². The van der Waals surface area contributed by atoms with E-state index in [1.54, 1.807) is 0 Å². The number of carbonyl (C=O) groups excluding carboxylic acids is 1. The van der Waals surface area contributed by atoms with E-state index < -0.39 is 23.0 Å². The number of aromatic amines is 1. The molecule has 1 amide bonds. The number of halogens is 3. The fraction of sp³-hybridized carbons (Fsp3) is 0. The highest BCUT2D eigenvalue weighted by atomic mass is 35.5. The van der Waals surface area contributed by atoms with Crippen molar-refractivity contribution in [2.75, 3.05) is 5.32 Å². The van der Waals surface area contributed by atoms with Crippen LogP contribution in [0.15, 0.2) is 58.3 Å². The molecule has 2 aromatic carbocycles. The van der Waals surface area contributed by atoms with E-state index in [0.29, 0.717) is 5.02 Å². The predicted octanol–water partition coefficient (Wildman–Crippen LogP) is 3.22. The maximum Gasteiger partial charge on any atom is 0.333 e. The normalized spacial score (nSPS) is 10.6. The fourth-order valence-corrected chi connectivity index (χ4v) is 2.48. The molecule has 0 aliphatic heterocycles. The number of carbonyl (C=O) groups is 1. The molecule has 0 saturated carbocycles. The van der Waals surface area contributed by atoms with Gasteiger partial charge in [-0.05, 0) is 42.5 Å². The molecule has 1 aromatic heterocycles. The number of hydrogen-bond donors (Lipinski definition) is 2. The maximum atomic E-state index is 13.5. The molecule has 0 saturated heterocycles. The van der Waals surface area contributed by atoms with Crippen LogP contribution in [0, 0.1) is 5.82 Å². The Morgan fingerprint density at radius 2 is 1.77 bits per heavy atom. The summed E-state index contributed by atoms with van der Waals surface area (Å²) in [6.45, 7) is 0. The Balaban J connectivity index is 2.00. The summed E-state index contributed by atoms with van der Waals surface area (Å²) in [5.41, 5.74) is -1.52. The number of rotatable bonds is 3. The van der Waals surface area contributed by atoms with Gasteiger partial charge in [0.05, 0.1) is 10.7 Å². The average Bonchev–Trinajstić information content (AvgIpc) is 2.60. The van der Waals surface area contributed by atoms with Crippen LogP contribution in [0.2, 0.25) is 10.0 Å². The molecular weight excluding hydrogens is 384 g/mol. The summed E-state index contributed by atoms with van der Waals surface area (Å²) in [6.07, 6.45) is 0.999. The second kappa shape index (κ2) is 7.15. The van der Waals surface area contributed by atoms with Crippen molar-refractivity contribution < 1.29 is 9.18 Å². The third-order valence-electron chi connectivity index (χ3n) is 3.48. The van der Waals surface area contributed by atoms with Crippen molar-refractivity contribution >= 4 is 34.8 Å². The lowest BCUT2D eigenvalue weighted by Crippen LogP contribution is -2.38. The number of H-pyrrole nitrogens is 1. The minimum Gasteiger partial charge on any atom is -0.322 e. The Morgan fingerprint density at radius 3 is 2.42 bits per heavy atom. The molecule has 26 heavy (non-hydrogen) atoms. The van der Waals surface area contributed by atoms with E-state index >= 15 is 0 Å². The van der Waals surface area contributed by atoms with Gasteiger partial charge >= 0.3 is 5.69 Å². The van der Waals surface area contributed by atoms with Crippen LogP contribution in [0.4, 0.5) is 10.1 Å². The SMILES string of the molecule is O=C(Nc1ccc(Cl)c(F)c1)c1c[nH]c(=O)n(-c2ccc(Cl)cc2)c1=O. The Labute approximate surface area is 155 Å². The standard InChI is InChI=1S/C17H10Cl2FN3O3/c18-9-1-4-11(5-2-9)23-16(25)12(8-21-17(23)26)15(24)22-10-3-6-13(19)14(20)7-10/h1-8H,(H,21,26)(H,22,24). The van der Waals surface area contributed by atoms with E-state index in [1.165, 1.54) is 36.4 Å². The second-order valence-electron chi connectivity index (χ2n) is 5.21. The lowest BCUT2D eigenvalue weighted by atomic mass is 10.2. The Kier molecular flexibility index (Phi) is 4.92. The summed E-state index contributed by atoms with van der Waals surface area (Å²) in [7, 11) is 0. The number of nitrogens with zero attached hydrogens (tertiary/aromatic N) is 1. The van der Waals surface area contributed by atoms with Crippen LogP contribution in [0.25, 0.3) is 5.69 Å². The van der Waals surface area contributed by atoms with Crippen LogP contribution in [0.5, 0.6) is 0 Å². The third-order valence-corrected chi connectivity index (χ3v) is 4.04. The summed E-state index contributed by atoms with van der Waals surface area (Å²) < 4.78 is 14.3. The number of hydrogen-bond acceptors (Lipinski definition) is 3. The van der Waals surface area contributed by atoms with Gasteiger partial charge < -0.3 is 10.3 Å². The Hall–Kier alpha value is -2.90. The minimum absolute atomic E-state index is 0.0999. The quantitative estimate of drug-likeness (QED) is 0.716. The van der Waals surface area contributed by atoms with Gasteiger partial charge in [-0.1, -0.05) is 23.2 Å². The molecule has 0 radical (unpaired) electrons. The van der Waals surface area contributed by atoms with Gasteiger partial charge in [0.2, 0.25) is 0 Å². The van der Waals surface area contributed by atoms with E-state index in [2.05, 4.69) is 10.3 Å². The van der Waals surface area contributed by atoms with Gasteiger partial charge in [-0.25, -0.2) is 13.8 Å². The first kappa shape index (κ1) is 17.9. The predicted molar refractivity (Wildman–Crippen MR) is 97.0 cm³/mol. The van der Waals surface area contributed by atoms with Crippen molar-refractivity contribution in [1.29, 1.82) is 0 Å². The summed E-state index contributed by atoms with van der Waals surface area (Å²) in [5.74, 6) is -1.53. The maximum absolute atomic E-state index is 13.5. The van der Waals surface area contributed by atoms with E-state index in [4.69, 9.17) is 23.2 Å². The highest BCUT2D eigenvalue weighted by Gasteiger charge is 2.16. The molecule has 0 fully saturated rings. The topological polar surface area (TPSA) is 84.0 Å². The van der Waals surface area contributed by atoms with Crippen LogP contribution in [-0.2, 0) is 0 Å². The molecule has 0 aliphatic rings. The third kappa shape index (κ3) is 3.54. The molecule has 3 rings (SSSR count). The van der Waals surface area contributed by atoms with Gasteiger partial charge in [0.25, 0.3) is 11.5 Å². The molecule has 0 aliphatic carbocycles. The zero-order chi connectivity index (χ0) is 18.8. The van der Waals surface area contributed by atoms with E-state index in [1.807, 2.05) is 0 Å². The lowest BCUT2D eigenvalue weighted by molar-refractivity contribution is 0.102. The molecule has 9 heteroatoms. The smallest absolute Gasteiger partial charge is 0.322 e. The van der Waals surface area contributed by atoms with E-state index in [-0.39, 0.29) is 22.0 Å². The summed E-state index contributed by atoms with van der Waals surface area (Å²) in [6, 6.07) is 9.62. The summed E-state index contributed by atoms with van der Waals surface area (Å²) in [5, 5.41) is 2.71. The van der Waals surface area contributed by atoms with E-state index in [0.717, 1.165) is 16.8 Å². The first-order valence-corrected chi connectivity index (χ1v) is 7.99. The zero-order valence-corrected chi connectivity index (χ0v) is 14.4. The molecule has 3 aromatic rings. The van der Waals surface area contributed by atoms with Gasteiger partial charge in [0, 0.05) is 16.9 Å². The van der Waals surface area contributed by atoms with Crippen molar-refractivity contribution in [3.63, 3.8) is 0 Å². The number of amides is 1. The van der Waals surface area contributed by atoms with Crippen molar-refractivity contribution in [2.24, 2.45) is 0 Å². The highest BCUT2D eigenvalue weighted by molar-refractivity contribution is 6.31. The molecule has 132 valence electrons. The molecule has 0 atom stereocenters. The van der Waals surface area contributed by atoms with Crippen LogP contribution in [0.3, 0.4) is 0 Å². The van der Waals surface area contributed by atoms with Gasteiger partial charge in [0.1, 0.15) is 11.4 Å².